The van der Waals surface area contributed by atoms with E-state index in [4.69, 9.17) is 13.9 Å². The first kappa shape index (κ1) is 22.8. The van der Waals surface area contributed by atoms with Crippen LogP contribution in [0.15, 0.2) is 75.3 Å². The minimum Gasteiger partial charge on any atom is -0.490 e. The summed E-state index contributed by atoms with van der Waals surface area (Å²) in [4.78, 5) is 24.8. The zero-order chi connectivity index (χ0) is 22.9. The third-order valence-corrected chi connectivity index (χ3v) is 4.76. The van der Waals surface area contributed by atoms with Crippen molar-refractivity contribution in [3.63, 3.8) is 0 Å². The maximum absolute atomic E-state index is 12.4. The van der Waals surface area contributed by atoms with Crippen molar-refractivity contribution in [2.75, 3.05) is 6.61 Å². The number of ether oxygens (including phenoxy) is 2. The molecule has 0 aliphatic rings. The number of carbonyl (C=O) groups excluding carboxylic acids is 2. The van der Waals surface area contributed by atoms with Gasteiger partial charge in [-0.2, -0.15) is 5.26 Å². The van der Waals surface area contributed by atoms with E-state index in [0.717, 1.165) is 4.47 Å². The van der Waals surface area contributed by atoms with Crippen LogP contribution in [-0.2, 0) is 11.3 Å². The van der Waals surface area contributed by atoms with Crippen molar-refractivity contribution in [3.05, 3.63) is 87.8 Å². The quantitative estimate of drug-likeness (QED) is 0.207. The van der Waals surface area contributed by atoms with Crippen LogP contribution < -0.4 is 14.8 Å². The van der Waals surface area contributed by atoms with Crippen LogP contribution in [0.2, 0.25) is 0 Å². The second kappa shape index (κ2) is 11.0. The van der Waals surface area contributed by atoms with Crippen molar-refractivity contribution < 1.29 is 23.5 Å². The number of rotatable bonds is 8. The second-order valence-corrected chi connectivity index (χ2v) is 7.38. The first-order valence-electron chi connectivity index (χ1n) is 9.67. The molecule has 3 rings (SSSR count). The van der Waals surface area contributed by atoms with Crippen molar-refractivity contribution in [2.24, 2.45) is 0 Å². The first-order valence-corrected chi connectivity index (χ1v) is 10.5. The van der Waals surface area contributed by atoms with Crippen LogP contribution in [0.3, 0.4) is 0 Å². The van der Waals surface area contributed by atoms with Crippen molar-refractivity contribution in [2.45, 2.75) is 13.5 Å². The molecule has 0 spiro atoms. The predicted molar refractivity (Wildman–Crippen MR) is 121 cm³/mol. The molecule has 0 saturated carbocycles. The van der Waals surface area contributed by atoms with E-state index >= 15 is 0 Å². The molecule has 1 N–H and O–H groups in total. The SMILES string of the molecule is CCOc1cc(/C=C(\C#N)C(=O)NCc2ccco2)ccc1OC(=O)c1ccc(Br)cc1. The number of hydrogen-bond donors (Lipinski definition) is 1. The molecule has 0 saturated heterocycles. The molecule has 3 aromatic rings. The average Bonchev–Trinajstić information content (AvgIpc) is 3.31. The first-order chi connectivity index (χ1) is 15.5. The van der Waals surface area contributed by atoms with Crippen molar-refractivity contribution in [3.8, 4) is 17.6 Å². The van der Waals surface area contributed by atoms with Gasteiger partial charge in [0.15, 0.2) is 11.5 Å². The fraction of sp³-hybridized carbons (Fsp3) is 0.125. The lowest BCUT2D eigenvalue weighted by molar-refractivity contribution is -0.117. The number of halogens is 1. The van der Waals surface area contributed by atoms with E-state index in [1.165, 1.54) is 12.3 Å². The summed E-state index contributed by atoms with van der Waals surface area (Å²) in [5, 5.41) is 12.0. The van der Waals surface area contributed by atoms with E-state index < -0.39 is 11.9 Å². The summed E-state index contributed by atoms with van der Waals surface area (Å²) in [5.41, 5.74) is 0.847. The Bertz CT molecular complexity index is 1160. The smallest absolute Gasteiger partial charge is 0.343 e. The van der Waals surface area contributed by atoms with Gasteiger partial charge in [0.05, 0.1) is 25.0 Å². The Hall–Kier alpha value is -3.83. The standard InChI is InChI=1S/C24H19BrN2O5/c1-2-30-22-13-16(12-18(14-26)23(28)27-15-20-4-3-11-31-20)5-10-21(22)32-24(29)17-6-8-19(25)9-7-17/h3-13H,2,15H2,1H3,(H,27,28)/b18-12+. The molecule has 0 bridgehead atoms. The lowest BCUT2D eigenvalue weighted by Crippen LogP contribution is -2.23. The van der Waals surface area contributed by atoms with Gasteiger partial charge in [0, 0.05) is 4.47 Å². The van der Waals surface area contributed by atoms with Crippen LogP contribution in [0.25, 0.3) is 6.08 Å². The molecule has 8 heteroatoms. The summed E-state index contributed by atoms with van der Waals surface area (Å²) in [6.45, 7) is 2.30. The number of nitrogens with zero attached hydrogens (tertiary/aromatic N) is 1. The summed E-state index contributed by atoms with van der Waals surface area (Å²) in [5.74, 6) is 0.0632. The molecule has 0 unspecified atom stereocenters. The summed E-state index contributed by atoms with van der Waals surface area (Å²) >= 11 is 3.32. The number of carbonyl (C=O) groups is 2. The monoisotopic (exact) mass is 494 g/mol. The van der Waals surface area contributed by atoms with Crippen LogP contribution in [0.5, 0.6) is 11.5 Å². The molecular weight excluding hydrogens is 476 g/mol. The van der Waals surface area contributed by atoms with Gasteiger partial charge in [-0.25, -0.2) is 4.79 Å². The Morgan fingerprint density at radius 1 is 1.16 bits per heavy atom. The van der Waals surface area contributed by atoms with Gasteiger partial charge in [-0.15, -0.1) is 0 Å². The zero-order valence-corrected chi connectivity index (χ0v) is 18.7. The summed E-state index contributed by atoms with van der Waals surface area (Å²) in [6.07, 6.45) is 2.93. The molecule has 0 radical (unpaired) electrons. The molecule has 0 aliphatic heterocycles. The van der Waals surface area contributed by atoms with Gasteiger partial charge in [-0.3, -0.25) is 4.79 Å². The second-order valence-electron chi connectivity index (χ2n) is 6.47. The molecule has 7 nitrogen and oxygen atoms in total. The van der Waals surface area contributed by atoms with Crippen LogP contribution in [0.4, 0.5) is 0 Å². The highest BCUT2D eigenvalue weighted by Gasteiger charge is 2.15. The van der Waals surface area contributed by atoms with Crippen LogP contribution in [-0.4, -0.2) is 18.5 Å². The average molecular weight is 495 g/mol. The number of nitrogens with one attached hydrogen (secondary N) is 1. The number of esters is 1. The third kappa shape index (κ3) is 6.09. The van der Waals surface area contributed by atoms with Gasteiger partial charge in [0.2, 0.25) is 0 Å². The molecule has 0 atom stereocenters. The van der Waals surface area contributed by atoms with E-state index in [1.807, 2.05) is 6.07 Å². The number of amides is 1. The van der Waals surface area contributed by atoms with Crippen LogP contribution in [0, 0.1) is 11.3 Å². The largest absolute Gasteiger partial charge is 0.490 e. The van der Waals surface area contributed by atoms with Crippen molar-refractivity contribution >= 4 is 33.9 Å². The van der Waals surface area contributed by atoms with Gasteiger partial charge < -0.3 is 19.2 Å². The molecule has 1 amide bonds. The highest BCUT2D eigenvalue weighted by Crippen LogP contribution is 2.30. The zero-order valence-electron chi connectivity index (χ0n) is 17.1. The van der Waals surface area contributed by atoms with Gasteiger partial charge in [0.25, 0.3) is 5.91 Å². The number of benzene rings is 2. The lowest BCUT2D eigenvalue weighted by atomic mass is 10.1. The highest BCUT2D eigenvalue weighted by molar-refractivity contribution is 9.10. The van der Waals surface area contributed by atoms with Crippen molar-refractivity contribution in [1.82, 2.24) is 5.32 Å². The topological polar surface area (TPSA) is 102 Å². The minimum absolute atomic E-state index is 0.0846. The maximum atomic E-state index is 12.4. The van der Waals surface area contributed by atoms with E-state index in [1.54, 1.807) is 61.5 Å². The van der Waals surface area contributed by atoms with Crippen LogP contribution in [0.1, 0.15) is 28.6 Å². The summed E-state index contributed by atoms with van der Waals surface area (Å²) in [7, 11) is 0. The molecule has 0 fully saturated rings. The normalized spacial score (nSPS) is 10.8. The Morgan fingerprint density at radius 2 is 1.94 bits per heavy atom. The highest BCUT2D eigenvalue weighted by atomic mass is 79.9. The summed E-state index contributed by atoms with van der Waals surface area (Å²) in [6, 6.07) is 16.9. The fourth-order valence-corrected chi connectivity index (χ4v) is 2.97. The third-order valence-electron chi connectivity index (χ3n) is 4.23. The molecule has 1 heterocycles. The summed E-state index contributed by atoms with van der Waals surface area (Å²) < 4.78 is 17.1. The molecule has 32 heavy (non-hydrogen) atoms. The molecule has 1 aromatic heterocycles. The molecular formula is C24H19BrN2O5. The Balaban J connectivity index is 1.77. The molecule has 0 aliphatic carbocycles. The predicted octanol–water partition coefficient (Wildman–Crippen LogP) is 4.88. The molecule has 2 aromatic carbocycles. The van der Waals surface area contributed by atoms with Crippen LogP contribution >= 0.6 is 15.9 Å². The van der Waals surface area contributed by atoms with Crippen molar-refractivity contribution in [1.29, 1.82) is 5.26 Å². The van der Waals surface area contributed by atoms with Gasteiger partial charge in [-0.1, -0.05) is 22.0 Å². The number of nitriles is 1. The van der Waals surface area contributed by atoms with Gasteiger partial charge >= 0.3 is 5.97 Å². The number of hydrogen-bond acceptors (Lipinski definition) is 6. The lowest BCUT2D eigenvalue weighted by Gasteiger charge is -2.12. The van der Waals surface area contributed by atoms with Gasteiger partial charge in [-0.05, 0) is 67.1 Å². The van der Waals surface area contributed by atoms with E-state index in [-0.39, 0.29) is 17.9 Å². The minimum atomic E-state index is -0.535. The molecule has 162 valence electrons. The Labute approximate surface area is 193 Å². The van der Waals surface area contributed by atoms with E-state index in [0.29, 0.717) is 29.2 Å². The van der Waals surface area contributed by atoms with Gasteiger partial charge in [0.1, 0.15) is 17.4 Å². The number of furan rings is 1. The Kier molecular flexibility index (Phi) is 7.84. The Morgan fingerprint density at radius 3 is 2.59 bits per heavy atom. The van der Waals surface area contributed by atoms with E-state index in [2.05, 4.69) is 21.2 Å². The maximum Gasteiger partial charge on any atom is 0.343 e. The van der Waals surface area contributed by atoms with E-state index in [9.17, 15) is 14.9 Å². The fourth-order valence-electron chi connectivity index (χ4n) is 2.70.